The SMILES string of the molecule is Fc1ccccc1C(CBr)(CBr)Cc1ccc(I)cc1. The van der Waals surface area contributed by atoms with E-state index in [1.54, 1.807) is 6.07 Å². The summed E-state index contributed by atoms with van der Waals surface area (Å²) in [4.78, 5) is 0. The highest BCUT2D eigenvalue weighted by Crippen LogP contribution is 2.34. The zero-order valence-corrected chi connectivity index (χ0v) is 16.1. The van der Waals surface area contributed by atoms with Crippen molar-refractivity contribution in [3.63, 3.8) is 0 Å². The Balaban J connectivity index is 2.39. The van der Waals surface area contributed by atoms with E-state index in [1.807, 2.05) is 12.1 Å². The van der Waals surface area contributed by atoms with E-state index in [9.17, 15) is 4.39 Å². The second kappa shape index (κ2) is 7.36. The molecule has 106 valence electrons. The molecule has 0 aliphatic rings. The van der Waals surface area contributed by atoms with Crippen LogP contribution in [0.15, 0.2) is 48.5 Å². The third kappa shape index (κ3) is 3.63. The number of hydrogen-bond acceptors (Lipinski definition) is 0. The molecule has 2 aromatic rings. The Morgan fingerprint density at radius 3 is 2.10 bits per heavy atom. The smallest absolute Gasteiger partial charge is 0.127 e. The average Bonchev–Trinajstić information content (AvgIpc) is 2.48. The summed E-state index contributed by atoms with van der Waals surface area (Å²) in [7, 11) is 0. The van der Waals surface area contributed by atoms with Crippen LogP contribution in [-0.2, 0) is 11.8 Å². The molecule has 0 bridgehead atoms. The highest BCUT2D eigenvalue weighted by atomic mass is 127. The standard InChI is InChI=1S/C16H14Br2FI/c17-10-16(11-18,14-3-1-2-4-15(14)19)9-12-5-7-13(20)8-6-12/h1-8H,9-11H2. The summed E-state index contributed by atoms with van der Waals surface area (Å²) in [5.41, 5.74) is 1.69. The lowest BCUT2D eigenvalue weighted by atomic mass is 9.79. The molecule has 2 rings (SSSR count). The molecule has 0 fully saturated rings. The van der Waals surface area contributed by atoms with Crippen LogP contribution in [0.1, 0.15) is 11.1 Å². The van der Waals surface area contributed by atoms with Gasteiger partial charge in [-0.3, -0.25) is 0 Å². The maximum Gasteiger partial charge on any atom is 0.127 e. The topological polar surface area (TPSA) is 0 Å². The first-order valence-corrected chi connectivity index (χ1v) is 9.55. The summed E-state index contributed by atoms with van der Waals surface area (Å²) >= 11 is 9.45. The predicted molar refractivity (Wildman–Crippen MR) is 98.5 cm³/mol. The number of hydrogen-bond donors (Lipinski definition) is 0. The van der Waals surface area contributed by atoms with E-state index >= 15 is 0 Å². The van der Waals surface area contributed by atoms with Crippen LogP contribution in [0, 0.1) is 9.39 Å². The van der Waals surface area contributed by atoms with Gasteiger partial charge in [-0.25, -0.2) is 4.39 Å². The molecule has 0 radical (unpaired) electrons. The van der Waals surface area contributed by atoms with Crippen LogP contribution < -0.4 is 0 Å². The van der Waals surface area contributed by atoms with Gasteiger partial charge in [-0.15, -0.1) is 0 Å². The fourth-order valence-electron chi connectivity index (χ4n) is 2.25. The lowest BCUT2D eigenvalue weighted by Crippen LogP contribution is -2.34. The molecule has 0 atom stereocenters. The summed E-state index contributed by atoms with van der Waals surface area (Å²) in [6.07, 6.45) is 0.793. The van der Waals surface area contributed by atoms with Gasteiger partial charge < -0.3 is 0 Å². The third-order valence-electron chi connectivity index (χ3n) is 3.41. The van der Waals surface area contributed by atoms with Crippen molar-refractivity contribution in [3.05, 3.63) is 69.0 Å². The van der Waals surface area contributed by atoms with Gasteiger partial charge >= 0.3 is 0 Å². The van der Waals surface area contributed by atoms with Crippen molar-refractivity contribution in [2.45, 2.75) is 11.8 Å². The predicted octanol–water partition coefficient (Wildman–Crippen LogP) is 5.70. The first-order chi connectivity index (χ1) is 9.61. The van der Waals surface area contributed by atoms with E-state index in [1.165, 1.54) is 15.2 Å². The van der Waals surface area contributed by atoms with Crippen LogP contribution in [0.2, 0.25) is 0 Å². The summed E-state index contributed by atoms with van der Waals surface area (Å²) in [6, 6.07) is 15.4. The maximum absolute atomic E-state index is 14.2. The Morgan fingerprint density at radius 1 is 0.950 bits per heavy atom. The number of benzene rings is 2. The van der Waals surface area contributed by atoms with Gasteiger partial charge in [-0.05, 0) is 58.3 Å². The Kier molecular flexibility index (Phi) is 6.05. The molecule has 4 heteroatoms. The molecule has 0 heterocycles. The summed E-state index contributed by atoms with van der Waals surface area (Å²) < 4.78 is 15.4. The first kappa shape index (κ1) is 16.4. The number of alkyl halides is 2. The maximum atomic E-state index is 14.2. The van der Waals surface area contributed by atoms with Crippen LogP contribution in [-0.4, -0.2) is 10.7 Å². The van der Waals surface area contributed by atoms with E-state index in [2.05, 4.69) is 78.7 Å². The fraction of sp³-hybridized carbons (Fsp3) is 0.250. The minimum absolute atomic E-state index is 0.142. The molecule has 0 unspecified atom stereocenters. The minimum Gasteiger partial charge on any atom is -0.207 e. The van der Waals surface area contributed by atoms with Crippen LogP contribution in [0.25, 0.3) is 0 Å². The lowest BCUT2D eigenvalue weighted by Gasteiger charge is -2.31. The quantitative estimate of drug-likeness (QED) is 0.357. The van der Waals surface area contributed by atoms with Gasteiger partial charge in [0.05, 0.1) is 0 Å². The molecule has 0 spiro atoms. The summed E-state index contributed by atoms with van der Waals surface area (Å²) in [5.74, 6) is -0.142. The largest absolute Gasteiger partial charge is 0.207 e. The average molecular weight is 512 g/mol. The zero-order valence-electron chi connectivity index (χ0n) is 10.8. The van der Waals surface area contributed by atoms with Crippen LogP contribution in [0.4, 0.5) is 4.39 Å². The Morgan fingerprint density at radius 2 is 1.55 bits per heavy atom. The van der Waals surface area contributed by atoms with Gasteiger partial charge in [0.2, 0.25) is 0 Å². The summed E-state index contributed by atoms with van der Waals surface area (Å²) in [6.45, 7) is 0. The molecule has 0 saturated carbocycles. The first-order valence-electron chi connectivity index (χ1n) is 6.23. The second-order valence-electron chi connectivity index (χ2n) is 4.83. The molecule has 0 aliphatic carbocycles. The molecular weight excluding hydrogens is 498 g/mol. The van der Waals surface area contributed by atoms with Gasteiger partial charge in [0, 0.05) is 19.6 Å². The van der Waals surface area contributed by atoms with Crippen LogP contribution in [0.5, 0.6) is 0 Å². The molecule has 0 aromatic heterocycles. The van der Waals surface area contributed by atoms with Crippen molar-refractivity contribution < 1.29 is 4.39 Å². The lowest BCUT2D eigenvalue weighted by molar-refractivity contribution is 0.501. The molecule has 20 heavy (non-hydrogen) atoms. The Bertz CT molecular complexity index is 565. The van der Waals surface area contributed by atoms with Crippen molar-refractivity contribution in [1.82, 2.24) is 0 Å². The molecule has 0 aliphatic heterocycles. The Labute approximate surface area is 149 Å². The van der Waals surface area contributed by atoms with E-state index < -0.39 is 0 Å². The van der Waals surface area contributed by atoms with Gasteiger partial charge in [-0.2, -0.15) is 0 Å². The molecule has 0 saturated heterocycles. The van der Waals surface area contributed by atoms with Crippen molar-refractivity contribution in [2.24, 2.45) is 0 Å². The third-order valence-corrected chi connectivity index (χ3v) is 6.28. The van der Waals surface area contributed by atoms with Crippen LogP contribution >= 0.6 is 54.5 Å². The fourth-order valence-corrected chi connectivity index (χ4v) is 4.54. The van der Waals surface area contributed by atoms with E-state index in [0.29, 0.717) is 10.7 Å². The van der Waals surface area contributed by atoms with Gasteiger partial charge in [-0.1, -0.05) is 62.2 Å². The van der Waals surface area contributed by atoms with Crippen LogP contribution in [0.3, 0.4) is 0 Å². The highest BCUT2D eigenvalue weighted by Gasteiger charge is 2.32. The molecular formula is C16H14Br2FI. The number of halogens is 4. The monoisotopic (exact) mass is 510 g/mol. The molecule has 0 amide bonds. The Hall–Kier alpha value is 0.0600. The summed E-state index contributed by atoms with van der Waals surface area (Å²) in [5, 5.41) is 1.41. The number of rotatable bonds is 5. The van der Waals surface area contributed by atoms with Crippen molar-refractivity contribution in [3.8, 4) is 0 Å². The van der Waals surface area contributed by atoms with Crippen molar-refractivity contribution in [1.29, 1.82) is 0 Å². The van der Waals surface area contributed by atoms with Gasteiger partial charge in [0.25, 0.3) is 0 Å². The van der Waals surface area contributed by atoms with E-state index in [4.69, 9.17) is 0 Å². The molecule has 0 nitrogen and oxygen atoms in total. The van der Waals surface area contributed by atoms with Crippen molar-refractivity contribution in [2.75, 3.05) is 10.7 Å². The zero-order chi connectivity index (χ0) is 14.6. The van der Waals surface area contributed by atoms with Gasteiger partial charge in [0.1, 0.15) is 5.82 Å². The second-order valence-corrected chi connectivity index (χ2v) is 7.20. The highest BCUT2D eigenvalue weighted by molar-refractivity contribution is 14.1. The van der Waals surface area contributed by atoms with Crippen molar-refractivity contribution >= 4 is 54.5 Å². The normalized spacial score (nSPS) is 11.6. The minimum atomic E-state index is -0.280. The van der Waals surface area contributed by atoms with E-state index in [-0.39, 0.29) is 11.2 Å². The van der Waals surface area contributed by atoms with Gasteiger partial charge in [0.15, 0.2) is 0 Å². The molecule has 0 N–H and O–H groups in total. The molecule has 2 aromatic carbocycles. The van der Waals surface area contributed by atoms with E-state index in [0.717, 1.165) is 12.0 Å².